The molecule has 6 N–H and O–H groups in total. The molecule has 20 nitrogen and oxygen atoms in total. The second-order valence-electron chi connectivity index (χ2n) is 22.9. The van der Waals surface area contributed by atoms with Crippen LogP contribution in [0.2, 0.25) is 0 Å². The molecule has 7 heterocycles. The number of piperidine rings is 1. The van der Waals surface area contributed by atoms with Gasteiger partial charge in [0.25, 0.3) is 17.2 Å². The lowest BCUT2D eigenvalue weighted by Crippen LogP contribution is -2.49. The van der Waals surface area contributed by atoms with Crippen LogP contribution < -0.4 is 25.8 Å². The number of phenolic OH excluding ortho intramolecular Hbond substituents is 1. The van der Waals surface area contributed by atoms with Gasteiger partial charge in [0.2, 0.25) is 11.6 Å². The van der Waals surface area contributed by atoms with Crippen molar-refractivity contribution in [1.29, 1.82) is 0 Å². The highest BCUT2D eigenvalue weighted by atomic mass is 19.1. The highest BCUT2D eigenvalue weighted by Crippen LogP contribution is 2.50. The average molecular weight is 1120 g/mol. The first-order chi connectivity index (χ1) is 38.3. The van der Waals surface area contributed by atoms with E-state index in [9.17, 15) is 44.4 Å². The Bertz CT molecular complexity index is 3320. The number of ether oxygens (including phenoxy) is 4. The van der Waals surface area contributed by atoms with Gasteiger partial charge in [0.05, 0.1) is 58.7 Å². The molecule has 10 atom stereocenters. The molecule has 2 aromatic heterocycles. The van der Waals surface area contributed by atoms with E-state index in [1.54, 1.807) is 51.7 Å². The summed E-state index contributed by atoms with van der Waals surface area (Å²) in [7, 11) is 1.42. The number of carboxylic acid groups (broad SMARTS) is 1. The Morgan fingerprint density at radius 2 is 1.52 bits per heavy atom. The molecule has 5 bridgehead atoms. The number of aromatic nitrogens is 1. The third kappa shape index (κ3) is 10.7. The normalized spacial score (nSPS) is 28.8. The number of aromatic carboxylic acids is 1. The predicted molar refractivity (Wildman–Crippen MR) is 294 cm³/mol. The van der Waals surface area contributed by atoms with E-state index in [0.717, 1.165) is 23.4 Å². The number of Topliss-reactive ketones (excluding diaryl/α,β-unsaturated/α-hetero) is 3. The number of aromatic hydroxyl groups is 1. The second-order valence-corrected chi connectivity index (χ2v) is 22.9. The van der Waals surface area contributed by atoms with E-state index in [1.807, 2.05) is 4.90 Å². The number of hydrogen-bond acceptors (Lipinski definition) is 17. The number of fused-ring (bicyclic) bond motifs is 15. The van der Waals surface area contributed by atoms with Crippen LogP contribution in [0.15, 0.2) is 64.6 Å². The SMILES string of the molecule is CO[C@H]1C=CO[C@@]2(C)Oc3c(C)c(O)c4c(c3C2=O)C(=O)C(N2CCC(NC3CCN(c5c(F)cn6c(=O)c(C(=O)O)cc(C7CC7)c6c5C)C3)CC2)=C(NC(=O)C(C)=CC=C[C@H](C)[C@H](O)[C@@H](C)[C@@H](O)[C@@H](C)[C@H](OC(C)=O)[C@@H]1C)C4=O. The fourth-order valence-electron chi connectivity index (χ4n) is 12.6. The molecule has 21 heteroatoms. The van der Waals surface area contributed by atoms with Gasteiger partial charge in [-0.1, -0.05) is 45.9 Å². The van der Waals surface area contributed by atoms with Crippen molar-refractivity contribution in [2.75, 3.05) is 38.2 Å². The number of carbonyl (C=O) groups excluding carboxylic acids is 5. The molecule has 3 aromatic rings. The van der Waals surface area contributed by atoms with E-state index in [2.05, 4.69) is 10.6 Å². The zero-order chi connectivity index (χ0) is 58.8. The number of benzene rings is 1. The molecule has 1 aromatic carbocycles. The fraction of sp³-hybridized carbons (Fsp3) is 0.517. The third-order valence-corrected chi connectivity index (χ3v) is 17.4. The number of allylic oxidation sites excluding steroid dienone is 4. The van der Waals surface area contributed by atoms with Gasteiger partial charge in [-0.05, 0) is 82.1 Å². The van der Waals surface area contributed by atoms with E-state index in [0.29, 0.717) is 54.7 Å². The number of amides is 1. The number of phenols is 1. The van der Waals surface area contributed by atoms with Crippen LogP contribution in [0.5, 0.6) is 11.5 Å². The molecule has 2 saturated heterocycles. The number of likely N-dealkylation sites (tertiary alicyclic amines) is 1. The first-order valence-electron chi connectivity index (χ1n) is 27.7. The van der Waals surface area contributed by atoms with Crippen molar-refractivity contribution in [1.82, 2.24) is 19.9 Å². The number of aliphatic hydroxyl groups is 2. The number of nitrogens with zero attached hydrogens (tertiary/aromatic N) is 3. The van der Waals surface area contributed by atoms with E-state index in [1.165, 1.54) is 59.3 Å². The maximum absolute atomic E-state index is 16.2. The quantitative estimate of drug-likeness (QED) is 0.143. The number of ketones is 3. The number of methoxy groups -OCH3 is 1. The van der Waals surface area contributed by atoms with Crippen LogP contribution >= 0.6 is 0 Å². The van der Waals surface area contributed by atoms with Gasteiger partial charge < -0.3 is 59.8 Å². The number of aliphatic hydroxyl groups excluding tert-OH is 2. The van der Waals surface area contributed by atoms with E-state index >= 15 is 14.0 Å². The Kier molecular flexibility index (Phi) is 16.3. The van der Waals surface area contributed by atoms with Crippen LogP contribution in [-0.2, 0) is 23.8 Å². The van der Waals surface area contributed by atoms with Crippen LogP contribution in [0.3, 0.4) is 0 Å². The minimum atomic E-state index is -2.15. The van der Waals surface area contributed by atoms with E-state index in [-0.39, 0.29) is 59.2 Å². The Morgan fingerprint density at radius 1 is 0.852 bits per heavy atom. The molecule has 1 unspecified atom stereocenters. The van der Waals surface area contributed by atoms with Gasteiger partial charge in [-0.3, -0.25) is 33.2 Å². The maximum Gasteiger partial charge on any atom is 0.341 e. The van der Waals surface area contributed by atoms with Crippen LogP contribution in [0.1, 0.15) is 145 Å². The molecule has 0 radical (unpaired) electrons. The maximum atomic E-state index is 16.2. The van der Waals surface area contributed by atoms with Gasteiger partial charge in [-0.15, -0.1) is 0 Å². The van der Waals surface area contributed by atoms with Gasteiger partial charge >= 0.3 is 17.7 Å². The van der Waals surface area contributed by atoms with Crippen molar-refractivity contribution in [3.05, 3.63) is 115 Å². The number of carbonyl (C=O) groups is 6. The van der Waals surface area contributed by atoms with Crippen molar-refractivity contribution in [3.63, 3.8) is 0 Å². The van der Waals surface area contributed by atoms with E-state index < -0.39 is 129 Å². The molecule has 2 aliphatic carbocycles. The Balaban J connectivity index is 1.02. The summed E-state index contributed by atoms with van der Waals surface area (Å²) in [5, 5.41) is 51.2. The summed E-state index contributed by atoms with van der Waals surface area (Å²) in [5.74, 6) is -11.6. The van der Waals surface area contributed by atoms with Crippen molar-refractivity contribution in [2.45, 2.75) is 143 Å². The highest BCUT2D eigenvalue weighted by molar-refractivity contribution is 6.32. The minimum absolute atomic E-state index is 0.0372. The smallest absolute Gasteiger partial charge is 0.341 e. The number of halogens is 1. The molecule has 3 fully saturated rings. The van der Waals surface area contributed by atoms with Crippen LogP contribution in [0.4, 0.5) is 10.1 Å². The molecular formula is C60H72FN5O15. The fourth-order valence-corrected chi connectivity index (χ4v) is 12.6. The lowest BCUT2D eigenvalue weighted by atomic mass is 9.78. The number of carboxylic acids is 1. The summed E-state index contributed by atoms with van der Waals surface area (Å²) in [5.41, 5.74) is -0.837. The van der Waals surface area contributed by atoms with Crippen molar-refractivity contribution in [3.8, 4) is 11.5 Å². The summed E-state index contributed by atoms with van der Waals surface area (Å²) < 4.78 is 41.1. The number of pyridine rings is 2. The van der Waals surface area contributed by atoms with Gasteiger partial charge in [0, 0.05) is 94.0 Å². The molecule has 434 valence electrons. The summed E-state index contributed by atoms with van der Waals surface area (Å²) in [4.78, 5) is 101. The molecule has 1 saturated carbocycles. The standard InChI is InChI=1S/C60H72FN5O15/c1-27-12-11-13-28(2)57(74)63-45-48(64-20-16-36(17-21-64)62-37-18-22-65(25-37)47-30(4)46-38(35-14-15-35)24-39(59(76)77)58(75)66(46)26-40(47)61)53(72)42-43(52(45)71)51(70)33(7)55-44(42)56(73)60(9,81-55)79-23-19-41(78-10)29(3)54(80-34(8)67)32(6)50(69)31(5)49(27)68/h11-13,19,23-24,26-27,29,31-32,35-37,41,49-50,54,62,68-70H,14-18,20-22,25H2,1-10H3,(H,63,74)(H,76,77)/t27-,29+,31+,32+,37?,41-,49-,50+,54+,60-/m0/s1. The zero-order valence-corrected chi connectivity index (χ0v) is 47.3. The van der Waals surface area contributed by atoms with Gasteiger partial charge in [-0.25, -0.2) is 9.18 Å². The van der Waals surface area contributed by atoms with Crippen molar-refractivity contribution < 1.29 is 72.5 Å². The molecule has 5 aliphatic heterocycles. The topological polar surface area (TPSA) is 272 Å². The number of aryl methyl sites for hydroxylation is 1. The molecular weight excluding hydrogens is 1050 g/mol. The Hall–Kier alpha value is -7.20. The first kappa shape index (κ1) is 58.5. The molecule has 1 amide bonds. The zero-order valence-electron chi connectivity index (χ0n) is 47.3. The van der Waals surface area contributed by atoms with Gasteiger partial charge in [-0.2, -0.15) is 0 Å². The summed E-state index contributed by atoms with van der Waals surface area (Å²) >= 11 is 0. The number of esters is 1. The Labute approximate surface area is 468 Å². The average Bonchev–Trinajstić information content (AvgIpc) is 2.63. The number of rotatable bonds is 8. The molecule has 10 rings (SSSR count). The largest absolute Gasteiger partial charge is 0.507 e. The highest BCUT2D eigenvalue weighted by Gasteiger charge is 2.53. The van der Waals surface area contributed by atoms with Crippen LogP contribution in [-0.4, -0.2) is 140 Å². The van der Waals surface area contributed by atoms with E-state index in [4.69, 9.17) is 18.9 Å². The molecule has 7 aliphatic rings. The van der Waals surface area contributed by atoms with Crippen molar-refractivity contribution >= 4 is 46.4 Å². The monoisotopic (exact) mass is 1120 g/mol. The summed E-state index contributed by atoms with van der Waals surface area (Å²) in [6.07, 6.45) is 7.49. The lowest BCUT2D eigenvalue weighted by Gasteiger charge is -2.38. The van der Waals surface area contributed by atoms with Gasteiger partial charge in [0.15, 0.2) is 5.82 Å². The molecule has 81 heavy (non-hydrogen) atoms. The predicted octanol–water partition coefficient (Wildman–Crippen LogP) is 5.93. The van der Waals surface area contributed by atoms with Crippen molar-refractivity contribution in [2.24, 2.45) is 23.7 Å². The van der Waals surface area contributed by atoms with Crippen LogP contribution in [0.25, 0.3) is 5.52 Å². The summed E-state index contributed by atoms with van der Waals surface area (Å²) in [6.45, 7) is 15.4. The van der Waals surface area contributed by atoms with Crippen LogP contribution in [0, 0.1) is 43.3 Å². The minimum Gasteiger partial charge on any atom is -0.507 e. The Morgan fingerprint density at radius 3 is 2.16 bits per heavy atom. The van der Waals surface area contributed by atoms with Gasteiger partial charge in [0.1, 0.15) is 34.6 Å². The second kappa shape index (κ2) is 22.6. The number of hydrogen-bond donors (Lipinski definition) is 6. The molecule has 0 spiro atoms. The lowest BCUT2D eigenvalue weighted by molar-refractivity contribution is -0.160. The summed E-state index contributed by atoms with van der Waals surface area (Å²) in [6, 6.07) is 1.21. The first-order valence-corrected chi connectivity index (χ1v) is 27.7. The third-order valence-electron chi connectivity index (χ3n) is 17.4. The number of anilines is 1. The number of nitrogens with one attached hydrogen (secondary N) is 2.